The van der Waals surface area contributed by atoms with Crippen LogP contribution >= 0.6 is 0 Å². The first kappa shape index (κ1) is 30.5. The molecule has 0 saturated carbocycles. The number of aliphatic hydroxyl groups excluding tert-OH is 1. The lowest BCUT2D eigenvalue weighted by molar-refractivity contribution is -0.380. The van der Waals surface area contributed by atoms with E-state index in [1.165, 1.54) is 6.08 Å². The highest BCUT2D eigenvalue weighted by atomic mass is 16.8. The van der Waals surface area contributed by atoms with Crippen molar-refractivity contribution >= 4 is 0 Å². The van der Waals surface area contributed by atoms with Gasteiger partial charge in [-0.1, -0.05) is 77.0 Å². The third kappa shape index (κ3) is 6.31. The van der Waals surface area contributed by atoms with Crippen molar-refractivity contribution in [1.29, 1.82) is 0 Å². The zero-order valence-electron chi connectivity index (χ0n) is 23.5. The lowest BCUT2D eigenvalue weighted by Gasteiger charge is -2.51. The maximum Gasteiger partial charge on any atom is 0.184 e. The second-order valence-corrected chi connectivity index (χ2v) is 10.5. The molecule has 4 heterocycles. The molecule has 232 valence electrons. The minimum Gasteiger partial charge on any atom is -0.390 e. The summed E-state index contributed by atoms with van der Waals surface area (Å²) in [5.41, 5.74) is 20.4. The van der Waals surface area contributed by atoms with E-state index in [4.69, 9.17) is 37.9 Å². The van der Waals surface area contributed by atoms with Crippen LogP contribution in [-0.2, 0) is 37.9 Å². The molecule has 0 aromatic heterocycles. The monoisotopic (exact) mass is 608 g/mol. The van der Waals surface area contributed by atoms with Crippen molar-refractivity contribution in [3.8, 4) is 0 Å². The van der Waals surface area contributed by atoms with Gasteiger partial charge in [-0.15, -0.1) is 6.58 Å². The van der Waals surface area contributed by atoms with E-state index in [9.17, 15) is 16.2 Å². The standard InChI is InChI=1S/C29H32N6O9/c1-2-13-37-28-21(33-35-31)25(24-19(40-28)15-39-27(43-24)17-11-7-4-8-12-17)44-29-20(32-34-30)22(36)23-18(41-29)14-38-26(42-23)16-9-5-3-6-10-16/h2-12,18-29,36H,1,13-15H2/t18-,19-,20-,21-,22-,23+,24+,25-,26?,27?,28-,29-/m1/s1. The highest BCUT2D eigenvalue weighted by Crippen LogP contribution is 2.40. The van der Waals surface area contributed by atoms with Crippen molar-refractivity contribution in [2.75, 3.05) is 19.8 Å². The average Bonchev–Trinajstić information content (AvgIpc) is 3.07. The van der Waals surface area contributed by atoms with Gasteiger partial charge in [-0.25, -0.2) is 0 Å². The molecule has 1 N–H and O–H groups in total. The highest BCUT2D eigenvalue weighted by Gasteiger charge is 2.55. The minimum atomic E-state index is -1.32. The van der Waals surface area contributed by atoms with Gasteiger partial charge in [-0.2, -0.15) is 0 Å². The Morgan fingerprint density at radius 2 is 1.34 bits per heavy atom. The zero-order valence-corrected chi connectivity index (χ0v) is 23.5. The number of hydrogen-bond donors (Lipinski definition) is 1. The van der Waals surface area contributed by atoms with Gasteiger partial charge in [-0.3, -0.25) is 0 Å². The van der Waals surface area contributed by atoms with Gasteiger partial charge in [0.2, 0.25) is 0 Å². The van der Waals surface area contributed by atoms with E-state index in [0.29, 0.717) is 0 Å². The van der Waals surface area contributed by atoms with Gasteiger partial charge in [0.25, 0.3) is 0 Å². The molecule has 0 amide bonds. The van der Waals surface area contributed by atoms with E-state index in [2.05, 4.69) is 26.6 Å². The summed E-state index contributed by atoms with van der Waals surface area (Å²) in [5.74, 6) is 0. The van der Waals surface area contributed by atoms with Crippen LogP contribution in [0.15, 0.2) is 83.5 Å². The fourth-order valence-corrected chi connectivity index (χ4v) is 5.78. The summed E-state index contributed by atoms with van der Waals surface area (Å²) in [5, 5.41) is 19.2. The Labute approximate surface area is 252 Å². The molecule has 4 aliphatic heterocycles. The summed E-state index contributed by atoms with van der Waals surface area (Å²) in [7, 11) is 0. The minimum absolute atomic E-state index is 0.0647. The number of azide groups is 2. The van der Waals surface area contributed by atoms with E-state index in [1.54, 1.807) is 0 Å². The summed E-state index contributed by atoms with van der Waals surface area (Å²) in [6, 6.07) is 16.3. The first-order valence-electron chi connectivity index (χ1n) is 14.2. The largest absolute Gasteiger partial charge is 0.390 e. The predicted molar refractivity (Wildman–Crippen MR) is 150 cm³/mol. The van der Waals surface area contributed by atoms with Crippen LogP contribution in [0, 0.1) is 0 Å². The molecule has 44 heavy (non-hydrogen) atoms. The van der Waals surface area contributed by atoms with E-state index in [0.717, 1.165) is 11.1 Å². The first-order valence-corrected chi connectivity index (χ1v) is 14.2. The van der Waals surface area contributed by atoms with Crippen molar-refractivity contribution in [2.45, 2.75) is 73.9 Å². The van der Waals surface area contributed by atoms with Crippen molar-refractivity contribution < 1.29 is 43.0 Å². The van der Waals surface area contributed by atoms with Crippen LogP contribution in [0.4, 0.5) is 0 Å². The quantitative estimate of drug-likeness (QED) is 0.190. The molecule has 4 saturated heterocycles. The molecule has 0 bridgehead atoms. The molecule has 2 aromatic rings. The van der Waals surface area contributed by atoms with Crippen LogP contribution in [-0.4, -0.2) is 86.2 Å². The number of benzene rings is 2. The summed E-state index contributed by atoms with van der Waals surface area (Å²) < 4.78 is 48.9. The van der Waals surface area contributed by atoms with Crippen molar-refractivity contribution in [3.63, 3.8) is 0 Å². The number of ether oxygens (including phenoxy) is 8. The Hall–Kier alpha value is -3.56. The molecule has 6 rings (SSSR count). The van der Waals surface area contributed by atoms with Gasteiger partial charge in [0.05, 0.1) is 25.9 Å². The second-order valence-electron chi connectivity index (χ2n) is 10.5. The molecule has 4 fully saturated rings. The number of aliphatic hydroxyl groups is 1. The smallest absolute Gasteiger partial charge is 0.184 e. The molecule has 0 spiro atoms. The number of hydrogen-bond acceptors (Lipinski definition) is 11. The number of rotatable bonds is 9. The van der Waals surface area contributed by atoms with Crippen molar-refractivity contribution in [1.82, 2.24) is 0 Å². The van der Waals surface area contributed by atoms with Gasteiger partial charge in [0.1, 0.15) is 42.6 Å². The van der Waals surface area contributed by atoms with Crippen molar-refractivity contribution in [3.05, 3.63) is 105 Å². The Morgan fingerprint density at radius 1 is 0.795 bits per heavy atom. The summed E-state index contributed by atoms with van der Waals surface area (Å²) >= 11 is 0. The zero-order chi connectivity index (χ0) is 30.5. The van der Waals surface area contributed by atoms with E-state index in [-0.39, 0.29) is 19.8 Å². The normalized spacial score (nSPS) is 38.2. The molecular formula is C29H32N6O9. The first-order chi connectivity index (χ1) is 21.6. The van der Waals surface area contributed by atoms with Gasteiger partial charge in [0.15, 0.2) is 25.2 Å². The van der Waals surface area contributed by atoms with Crippen LogP contribution in [0.5, 0.6) is 0 Å². The SMILES string of the molecule is C=CCO[C@@H]1O[C@@H]2COC(c3ccccc3)O[C@@H]2[C@H](O[C@H]2O[C@@H]3COC(c4ccccc4)O[C@@H]3[C@H](O)[C@H]2N=[N+]=[N-])[C@H]1N=[N+]=[N-]. The fraction of sp³-hybridized carbons (Fsp3) is 0.517. The van der Waals surface area contributed by atoms with E-state index in [1.807, 2.05) is 60.7 Å². The Bertz CT molecular complexity index is 1360. The second kappa shape index (κ2) is 14.0. The van der Waals surface area contributed by atoms with Crippen LogP contribution in [0.2, 0.25) is 0 Å². The lowest BCUT2D eigenvalue weighted by Crippen LogP contribution is -2.66. The molecular weight excluding hydrogens is 576 g/mol. The Balaban J connectivity index is 1.28. The average molecular weight is 609 g/mol. The molecule has 2 aromatic carbocycles. The predicted octanol–water partition coefficient (Wildman–Crippen LogP) is 3.97. The molecule has 0 aliphatic carbocycles. The third-order valence-corrected chi connectivity index (χ3v) is 7.82. The lowest BCUT2D eigenvalue weighted by atomic mass is 9.94. The van der Waals surface area contributed by atoms with E-state index < -0.39 is 73.9 Å². The highest BCUT2D eigenvalue weighted by molar-refractivity contribution is 5.18. The van der Waals surface area contributed by atoms with Gasteiger partial charge in [-0.05, 0) is 11.1 Å². The molecule has 2 unspecified atom stereocenters. The summed E-state index contributed by atoms with van der Waals surface area (Å²) in [6.45, 7) is 3.95. The Morgan fingerprint density at radius 3 is 1.93 bits per heavy atom. The van der Waals surface area contributed by atoms with Gasteiger partial charge in [0, 0.05) is 21.0 Å². The number of fused-ring (bicyclic) bond motifs is 2. The van der Waals surface area contributed by atoms with E-state index >= 15 is 0 Å². The number of nitrogens with zero attached hydrogens (tertiary/aromatic N) is 6. The molecule has 15 heteroatoms. The Kier molecular flexibility index (Phi) is 9.72. The van der Waals surface area contributed by atoms with Crippen molar-refractivity contribution in [2.24, 2.45) is 10.2 Å². The molecule has 15 nitrogen and oxygen atoms in total. The van der Waals surface area contributed by atoms with Gasteiger partial charge >= 0.3 is 0 Å². The molecule has 0 radical (unpaired) electrons. The maximum atomic E-state index is 11.4. The molecule has 12 atom stereocenters. The van der Waals surface area contributed by atoms with Gasteiger partial charge < -0.3 is 43.0 Å². The maximum absolute atomic E-state index is 11.4. The van der Waals surface area contributed by atoms with Crippen LogP contribution in [0.3, 0.4) is 0 Å². The van der Waals surface area contributed by atoms with Crippen LogP contribution < -0.4 is 0 Å². The fourth-order valence-electron chi connectivity index (χ4n) is 5.78. The summed E-state index contributed by atoms with van der Waals surface area (Å²) in [4.78, 5) is 5.95. The van der Waals surface area contributed by atoms with Crippen LogP contribution in [0.1, 0.15) is 23.7 Å². The third-order valence-electron chi connectivity index (χ3n) is 7.82. The molecule has 4 aliphatic rings. The summed E-state index contributed by atoms with van der Waals surface area (Å²) in [6.07, 6.45) is -7.88. The topological polar surface area (TPSA) is 192 Å². The van der Waals surface area contributed by atoms with Crippen LogP contribution in [0.25, 0.3) is 20.9 Å².